The largest absolute Gasteiger partial charge is 0.544 e. The fourth-order valence-electron chi connectivity index (χ4n) is 6.30. The van der Waals surface area contributed by atoms with Gasteiger partial charge in [0.15, 0.2) is 6.10 Å². The number of likely N-dealkylation sites (N-methyl/N-ethyl adjacent to an activating group) is 1. The van der Waals surface area contributed by atoms with E-state index in [9.17, 15) is 19.5 Å². The molecular formula is C47H83NO7. The van der Waals surface area contributed by atoms with Crippen LogP contribution in [0, 0.1) is 0 Å². The van der Waals surface area contributed by atoms with Gasteiger partial charge in [0.25, 0.3) is 0 Å². The number of esters is 2. The molecule has 0 amide bonds. The van der Waals surface area contributed by atoms with Crippen molar-refractivity contribution in [3.8, 4) is 0 Å². The normalized spacial score (nSPS) is 13.4. The van der Waals surface area contributed by atoms with Crippen molar-refractivity contribution in [1.82, 2.24) is 0 Å². The molecule has 0 aromatic heterocycles. The number of carboxylic acid groups (broad SMARTS) is 1. The second-order valence-electron chi connectivity index (χ2n) is 15.9. The van der Waals surface area contributed by atoms with Crippen LogP contribution in [0.25, 0.3) is 0 Å². The summed E-state index contributed by atoms with van der Waals surface area (Å²) in [5, 5.41) is 11.6. The molecule has 0 N–H and O–H groups in total. The number of rotatable bonds is 39. The van der Waals surface area contributed by atoms with Crippen LogP contribution in [0.4, 0.5) is 0 Å². The topological polar surface area (TPSA) is 102 Å². The van der Waals surface area contributed by atoms with E-state index in [4.69, 9.17) is 14.2 Å². The Morgan fingerprint density at radius 1 is 0.564 bits per heavy atom. The van der Waals surface area contributed by atoms with Crippen molar-refractivity contribution in [2.45, 2.75) is 193 Å². The minimum absolute atomic E-state index is 0.0382. The van der Waals surface area contributed by atoms with Gasteiger partial charge >= 0.3 is 11.9 Å². The molecule has 0 heterocycles. The summed E-state index contributed by atoms with van der Waals surface area (Å²) in [7, 11) is 5.40. The van der Waals surface area contributed by atoms with Gasteiger partial charge in [-0.05, 0) is 51.4 Å². The van der Waals surface area contributed by atoms with Gasteiger partial charge < -0.3 is 28.6 Å². The summed E-state index contributed by atoms with van der Waals surface area (Å²) >= 11 is 0. The van der Waals surface area contributed by atoms with Crippen LogP contribution in [0.2, 0.25) is 0 Å². The van der Waals surface area contributed by atoms with E-state index in [1.165, 1.54) is 77.0 Å². The molecular weight excluding hydrogens is 691 g/mol. The summed E-state index contributed by atoms with van der Waals surface area (Å²) in [4.78, 5) is 36.8. The number of aliphatic carboxylic acids is 1. The van der Waals surface area contributed by atoms with E-state index in [-0.39, 0.29) is 42.7 Å². The zero-order chi connectivity index (χ0) is 40.7. The third-order valence-corrected chi connectivity index (χ3v) is 9.73. The SMILES string of the molecule is CC/C=C\C/C=C\C/C=C\C/C=C\CCCCCCCCCCC(=O)OC(COCCC(C(=O)[O-])[N+](C)(C)C)COC(=O)CCCCCCCCCCCC. The molecule has 8 heteroatoms. The lowest BCUT2D eigenvalue weighted by Crippen LogP contribution is -2.55. The van der Waals surface area contributed by atoms with Crippen LogP contribution in [-0.2, 0) is 28.6 Å². The van der Waals surface area contributed by atoms with Gasteiger partial charge in [-0.1, -0.05) is 159 Å². The van der Waals surface area contributed by atoms with Crippen molar-refractivity contribution in [3.05, 3.63) is 48.6 Å². The van der Waals surface area contributed by atoms with Gasteiger partial charge in [-0.2, -0.15) is 0 Å². The number of carbonyl (C=O) groups is 3. The number of nitrogens with zero attached hydrogens (tertiary/aromatic N) is 1. The van der Waals surface area contributed by atoms with E-state index in [1.807, 2.05) is 0 Å². The van der Waals surface area contributed by atoms with Gasteiger partial charge in [-0.3, -0.25) is 9.59 Å². The summed E-state index contributed by atoms with van der Waals surface area (Å²) in [5.74, 6) is -1.75. The third-order valence-electron chi connectivity index (χ3n) is 9.73. The maximum Gasteiger partial charge on any atom is 0.306 e. The lowest BCUT2D eigenvalue weighted by atomic mass is 10.1. The molecule has 0 radical (unpaired) electrons. The second-order valence-corrected chi connectivity index (χ2v) is 15.9. The summed E-state index contributed by atoms with van der Waals surface area (Å²) in [6.45, 7) is 4.53. The van der Waals surface area contributed by atoms with E-state index >= 15 is 0 Å². The highest BCUT2D eigenvalue weighted by atomic mass is 16.6. The Bertz CT molecular complexity index is 1040. The lowest BCUT2D eigenvalue weighted by Gasteiger charge is -2.34. The van der Waals surface area contributed by atoms with Gasteiger partial charge in [0.1, 0.15) is 12.6 Å². The van der Waals surface area contributed by atoms with Crippen LogP contribution in [0.5, 0.6) is 0 Å². The highest BCUT2D eigenvalue weighted by Crippen LogP contribution is 2.14. The van der Waals surface area contributed by atoms with E-state index in [0.29, 0.717) is 12.8 Å². The summed E-state index contributed by atoms with van der Waals surface area (Å²) in [6.07, 6.45) is 44.2. The van der Waals surface area contributed by atoms with E-state index in [1.54, 1.807) is 21.1 Å². The van der Waals surface area contributed by atoms with Crippen molar-refractivity contribution in [2.75, 3.05) is 41.0 Å². The number of hydrogen-bond donors (Lipinski definition) is 0. The Kier molecular flexibility index (Phi) is 36.3. The highest BCUT2D eigenvalue weighted by Gasteiger charge is 2.25. The van der Waals surface area contributed by atoms with E-state index < -0.39 is 18.1 Å². The van der Waals surface area contributed by atoms with Crippen molar-refractivity contribution in [3.63, 3.8) is 0 Å². The summed E-state index contributed by atoms with van der Waals surface area (Å²) < 4.78 is 17.1. The number of allylic oxidation sites excluding steroid dienone is 8. The number of hydrogen-bond acceptors (Lipinski definition) is 7. The zero-order valence-electron chi connectivity index (χ0n) is 36.1. The average Bonchev–Trinajstić information content (AvgIpc) is 3.14. The summed E-state index contributed by atoms with van der Waals surface area (Å²) in [6, 6.07) is -0.726. The Hall–Kier alpha value is -2.71. The van der Waals surface area contributed by atoms with E-state index in [2.05, 4.69) is 62.5 Å². The van der Waals surface area contributed by atoms with Crippen molar-refractivity contribution < 1.29 is 38.2 Å². The number of unbranched alkanes of at least 4 members (excludes halogenated alkanes) is 17. The molecule has 0 aliphatic rings. The molecule has 0 aromatic carbocycles. The molecule has 0 rings (SSSR count). The standard InChI is InChI=1S/C47H83NO7/c1-6-8-10-12-14-16-18-19-20-21-22-23-24-25-26-27-28-30-32-34-36-38-46(50)55-43(41-53-40-39-44(47(51)52)48(3,4)5)42-54-45(49)37-35-33-31-29-17-15-13-11-9-7-2/h8,10,14,16,19-20,22-23,43-44H,6-7,9,11-13,15,17-18,21,24-42H2,1-5H3/b10-8-,16-14-,20-19-,23-22-. The molecule has 0 fully saturated rings. The molecule has 318 valence electrons. The van der Waals surface area contributed by atoms with Gasteiger partial charge in [0, 0.05) is 19.3 Å². The molecule has 8 nitrogen and oxygen atoms in total. The first kappa shape index (κ1) is 52.3. The molecule has 2 unspecified atom stereocenters. The molecule has 0 spiro atoms. The number of carboxylic acids is 1. The minimum atomic E-state index is -1.13. The summed E-state index contributed by atoms with van der Waals surface area (Å²) in [5.41, 5.74) is 0. The lowest BCUT2D eigenvalue weighted by molar-refractivity contribution is -0.889. The average molecular weight is 774 g/mol. The molecule has 0 aliphatic heterocycles. The first-order valence-electron chi connectivity index (χ1n) is 22.2. The second kappa shape index (κ2) is 38.2. The molecule has 55 heavy (non-hydrogen) atoms. The van der Waals surface area contributed by atoms with Crippen molar-refractivity contribution >= 4 is 17.9 Å². The van der Waals surface area contributed by atoms with Crippen LogP contribution in [-0.4, -0.2) is 75.5 Å². The van der Waals surface area contributed by atoms with Crippen LogP contribution in [0.15, 0.2) is 48.6 Å². The zero-order valence-corrected chi connectivity index (χ0v) is 36.1. The van der Waals surface area contributed by atoms with E-state index in [0.717, 1.165) is 70.6 Å². The Morgan fingerprint density at radius 3 is 1.51 bits per heavy atom. The van der Waals surface area contributed by atoms with Crippen LogP contribution in [0.3, 0.4) is 0 Å². The predicted molar refractivity (Wildman–Crippen MR) is 226 cm³/mol. The molecule has 0 bridgehead atoms. The van der Waals surface area contributed by atoms with Crippen LogP contribution < -0.4 is 5.11 Å². The maximum absolute atomic E-state index is 12.7. The molecule has 2 atom stereocenters. The smallest absolute Gasteiger partial charge is 0.306 e. The molecule has 0 saturated heterocycles. The predicted octanol–water partition coefficient (Wildman–Crippen LogP) is 10.7. The fraction of sp³-hybridized carbons (Fsp3) is 0.766. The van der Waals surface area contributed by atoms with Gasteiger partial charge in [-0.15, -0.1) is 0 Å². The van der Waals surface area contributed by atoms with Crippen molar-refractivity contribution in [2.24, 2.45) is 0 Å². The Balaban J connectivity index is 4.29. The highest BCUT2D eigenvalue weighted by molar-refractivity contribution is 5.70. The molecule has 0 saturated carbocycles. The fourth-order valence-corrected chi connectivity index (χ4v) is 6.30. The number of ether oxygens (including phenoxy) is 3. The quantitative estimate of drug-likeness (QED) is 0.0265. The minimum Gasteiger partial charge on any atom is -0.544 e. The van der Waals surface area contributed by atoms with Gasteiger partial charge in [0.05, 0.1) is 40.3 Å². The van der Waals surface area contributed by atoms with Gasteiger partial charge in [-0.25, -0.2) is 0 Å². The Labute approximate surface area is 337 Å². The molecule has 0 aliphatic carbocycles. The van der Waals surface area contributed by atoms with Gasteiger partial charge in [0.2, 0.25) is 0 Å². The first-order chi connectivity index (χ1) is 26.6. The number of quaternary nitrogens is 1. The van der Waals surface area contributed by atoms with Crippen LogP contribution >= 0.6 is 0 Å². The Morgan fingerprint density at radius 2 is 1.02 bits per heavy atom. The first-order valence-corrected chi connectivity index (χ1v) is 22.2. The maximum atomic E-state index is 12.7. The monoisotopic (exact) mass is 774 g/mol. The third kappa shape index (κ3) is 36.7. The number of carbonyl (C=O) groups excluding carboxylic acids is 3. The molecule has 0 aromatic rings. The van der Waals surface area contributed by atoms with Crippen molar-refractivity contribution in [1.29, 1.82) is 0 Å². The van der Waals surface area contributed by atoms with Crippen LogP contribution in [0.1, 0.15) is 181 Å².